The molecular weight excluding hydrogens is 356 g/mol. The van der Waals surface area contributed by atoms with Gasteiger partial charge in [-0.1, -0.05) is 0 Å². The summed E-state index contributed by atoms with van der Waals surface area (Å²) in [6.07, 6.45) is 2.74. The maximum absolute atomic E-state index is 12.3. The number of alkyl halides is 4. The SMILES string of the molecule is O=S(=O)(CF)OC1=CC2CCC1C=C2OS(=O)(=O)C(F)(F)F. The summed E-state index contributed by atoms with van der Waals surface area (Å²) in [6.45, 7) is 0. The Morgan fingerprint density at radius 3 is 1.82 bits per heavy atom. The lowest BCUT2D eigenvalue weighted by Crippen LogP contribution is -2.30. The number of fused-ring (bicyclic) bond motifs is 1. The van der Waals surface area contributed by atoms with Gasteiger partial charge in [0.05, 0.1) is 0 Å². The number of rotatable bonds is 5. The molecule has 0 heterocycles. The molecule has 2 unspecified atom stereocenters. The van der Waals surface area contributed by atoms with Crippen molar-refractivity contribution in [3.05, 3.63) is 23.7 Å². The van der Waals surface area contributed by atoms with E-state index in [9.17, 15) is 34.4 Å². The van der Waals surface area contributed by atoms with E-state index in [1.54, 1.807) is 0 Å². The van der Waals surface area contributed by atoms with Crippen LogP contribution in [0.1, 0.15) is 12.8 Å². The molecular formula is C10H10F4O6S2. The zero-order valence-electron chi connectivity index (χ0n) is 10.7. The fourth-order valence-corrected chi connectivity index (χ4v) is 3.18. The Morgan fingerprint density at radius 2 is 1.45 bits per heavy atom. The zero-order chi connectivity index (χ0) is 16.8. The van der Waals surface area contributed by atoms with E-state index in [2.05, 4.69) is 8.37 Å². The molecule has 0 fully saturated rings. The van der Waals surface area contributed by atoms with Crippen molar-refractivity contribution in [1.29, 1.82) is 0 Å². The number of hydrogen-bond donors (Lipinski definition) is 0. The van der Waals surface area contributed by atoms with Crippen LogP contribution in [0.3, 0.4) is 0 Å². The van der Waals surface area contributed by atoms with Crippen LogP contribution in [0.2, 0.25) is 0 Å². The molecule has 0 radical (unpaired) electrons. The van der Waals surface area contributed by atoms with Crippen molar-refractivity contribution in [3.8, 4) is 0 Å². The molecule has 126 valence electrons. The molecule has 3 rings (SSSR count). The summed E-state index contributed by atoms with van der Waals surface area (Å²) in [7, 11) is -10.2. The minimum Gasteiger partial charge on any atom is -0.385 e. The fourth-order valence-electron chi connectivity index (χ4n) is 2.14. The normalized spacial score (nSPS) is 25.5. The summed E-state index contributed by atoms with van der Waals surface area (Å²) in [5, 5.41) is 0. The van der Waals surface area contributed by atoms with Gasteiger partial charge in [0.25, 0.3) is 0 Å². The standard InChI is InChI=1S/C10H10F4O6S2/c11-5-21(15,16)19-8-3-7-2-1-6(8)4-9(7)20-22(17,18)10(12,13)14/h3-4,6-7H,1-2,5H2. The van der Waals surface area contributed by atoms with Gasteiger partial charge in [0.15, 0.2) is 0 Å². The molecule has 0 saturated heterocycles. The van der Waals surface area contributed by atoms with Gasteiger partial charge in [-0.2, -0.15) is 30.0 Å². The average Bonchev–Trinajstić information content (AvgIpc) is 2.38. The lowest BCUT2D eigenvalue weighted by atomic mass is 9.79. The Morgan fingerprint density at radius 1 is 1.00 bits per heavy atom. The second kappa shape index (κ2) is 5.41. The summed E-state index contributed by atoms with van der Waals surface area (Å²) < 4.78 is 102. The molecule has 0 aromatic heterocycles. The first-order valence-electron chi connectivity index (χ1n) is 5.87. The minimum atomic E-state index is -5.79. The lowest BCUT2D eigenvalue weighted by Gasteiger charge is -2.32. The van der Waals surface area contributed by atoms with E-state index < -0.39 is 49.3 Å². The number of halogens is 4. The molecule has 0 spiro atoms. The third-order valence-corrected chi connectivity index (χ3v) is 4.79. The van der Waals surface area contributed by atoms with Crippen molar-refractivity contribution in [2.75, 3.05) is 6.01 Å². The summed E-state index contributed by atoms with van der Waals surface area (Å²) in [4.78, 5) is 0. The number of allylic oxidation sites excluding steroid dienone is 2. The van der Waals surface area contributed by atoms with E-state index in [-0.39, 0.29) is 12.2 Å². The molecule has 0 saturated carbocycles. The van der Waals surface area contributed by atoms with Crippen LogP contribution >= 0.6 is 0 Å². The highest BCUT2D eigenvalue weighted by atomic mass is 32.2. The van der Waals surface area contributed by atoms with Gasteiger partial charge in [0.2, 0.25) is 6.01 Å². The van der Waals surface area contributed by atoms with Gasteiger partial charge in [0, 0.05) is 11.8 Å². The predicted octanol–water partition coefficient (Wildman–Crippen LogP) is 1.93. The van der Waals surface area contributed by atoms with Crippen molar-refractivity contribution in [3.63, 3.8) is 0 Å². The smallest absolute Gasteiger partial charge is 0.385 e. The highest BCUT2D eigenvalue weighted by Crippen LogP contribution is 2.43. The molecule has 22 heavy (non-hydrogen) atoms. The van der Waals surface area contributed by atoms with Crippen LogP contribution in [0.25, 0.3) is 0 Å². The predicted molar refractivity (Wildman–Crippen MR) is 64.4 cm³/mol. The Kier molecular flexibility index (Phi) is 4.19. The summed E-state index contributed by atoms with van der Waals surface area (Å²) in [6, 6.07) is -1.75. The van der Waals surface area contributed by atoms with Crippen LogP contribution < -0.4 is 0 Å². The Bertz CT molecular complexity index is 719. The van der Waals surface area contributed by atoms with Crippen LogP contribution in [0.15, 0.2) is 23.7 Å². The highest BCUT2D eigenvalue weighted by molar-refractivity contribution is 7.87. The first-order valence-corrected chi connectivity index (χ1v) is 8.86. The van der Waals surface area contributed by atoms with E-state index in [1.807, 2.05) is 0 Å². The number of hydrogen-bond acceptors (Lipinski definition) is 6. The lowest BCUT2D eigenvalue weighted by molar-refractivity contribution is -0.0527. The van der Waals surface area contributed by atoms with Crippen LogP contribution in [-0.4, -0.2) is 28.4 Å². The molecule has 0 N–H and O–H groups in total. The van der Waals surface area contributed by atoms with Gasteiger partial charge in [-0.3, -0.25) is 0 Å². The molecule has 0 amide bonds. The third kappa shape index (κ3) is 3.37. The summed E-state index contributed by atoms with van der Waals surface area (Å²) >= 11 is 0. The minimum absolute atomic E-state index is 0.148. The summed E-state index contributed by atoms with van der Waals surface area (Å²) in [5.41, 5.74) is -5.56. The molecule has 2 atom stereocenters. The van der Waals surface area contributed by atoms with Gasteiger partial charge in [0.1, 0.15) is 11.5 Å². The topological polar surface area (TPSA) is 86.7 Å². The van der Waals surface area contributed by atoms with Crippen LogP contribution in [0, 0.1) is 11.8 Å². The molecule has 12 heteroatoms. The van der Waals surface area contributed by atoms with Gasteiger partial charge < -0.3 is 8.37 Å². The molecule has 3 aliphatic rings. The molecule has 3 aliphatic carbocycles. The molecule has 0 aromatic carbocycles. The second-order valence-corrected chi connectivity index (χ2v) is 7.70. The van der Waals surface area contributed by atoms with Crippen LogP contribution in [0.5, 0.6) is 0 Å². The Balaban J connectivity index is 2.19. The summed E-state index contributed by atoms with van der Waals surface area (Å²) in [5.74, 6) is -2.26. The Hall–Kier alpha value is -1.30. The molecule has 0 aromatic rings. The van der Waals surface area contributed by atoms with Crippen molar-refractivity contribution >= 4 is 20.2 Å². The highest BCUT2D eigenvalue weighted by Gasteiger charge is 2.50. The zero-order valence-corrected chi connectivity index (χ0v) is 12.3. The Labute approximate surface area is 123 Å². The second-order valence-electron chi connectivity index (χ2n) is 4.66. The van der Waals surface area contributed by atoms with E-state index >= 15 is 0 Å². The first-order chi connectivity index (χ1) is 9.95. The maximum atomic E-state index is 12.3. The van der Waals surface area contributed by atoms with Crippen LogP contribution in [0.4, 0.5) is 17.6 Å². The van der Waals surface area contributed by atoms with Crippen LogP contribution in [-0.2, 0) is 28.6 Å². The largest absolute Gasteiger partial charge is 0.534 e. The van der Waals surface area contributed by atoms with Gasteiger partial charge in [-0.15, -0.1) is 0 Å². The first kappa shape index (κ1) is 17.1. The van der Waals surface area contributed by atoms with Crippen molar-refractivity contribution in [2.45, 2.75) is 18.3 Å². The van der Waals surface area contributed by atoms with E-state index in [1.165, 1.54) is 0 Å². The van der Waals surface area contributed by atoms with Crippen molar-refractivity contribution in [2.24, 2.45) is 11.8 Å². The van der Waals surface area contributed by atoms with Crippen molar-refractivity contribution in [1.82, 2.24) is 0 Å². The third-order valence-electron chi connectivity index (χ3n) is 3.10. The van der Waals surface area contributed by atoms with E-state index in [0.29, 0.717) is 6.42 Å². The molecule has 0 aliphatic heterocycles. The van der Waals surface area contributed by atoms with E-state index in [0.717, 1.165) is 12.2 Å². The maximum Gasteiger partial charge on any atom is 0.534 e. The fraction of sp³-hybridized carbons (Fsp3) is 0.600. The van der Waals surface area contributed by atoms with Gasteiger partial charge in [-0.25, -0.2) is 4.39 Å². The molecule has 6 nitrogen and oxygen atoms in total. The quantitative estimate of drug-likeness (QED) is 0.420. The van der Waals surface area contributed by atoms with Gasteiger partial charge >= 0.3 is 25.7 Å². The van der Waals surface area contributed by atoms with Crippen molar-refractivity contribution < 1.29 is 42.8 Å². The van der Waals surface area contributed by atoms with E-state index in [4.69, 9.17) is 0 Å². The van der Waals surface area contributed by atoms with Gasteiger partial charge in [-0.05, 0) is 25.0 Å². The average molecular weight is 366 g/mol. The monoisotopic (exact) mass is 366 g/mol. The molecule has 2 bridgehead atoms.